The first-order chi connectivity index (χ1) is 28.0. The van der Waals surface area contributed by atoms with Crippen molar-refractivity contribution in [3.05, 3.63) is 36.5 Å². The van der Waals surface area contributed by atoms with Crippen LogP contribution in [0, 0.1) is 0 Å². The number of hydrogen-bond acceptors (Lipinski definition) is 8. The van der Waals surface area contributed by atoms with Gasteiger partial charge in [0.15, 0.2) is 6.10 Å². The van der Waals surface area contributed by atoms with Crippen LogP contribution in [0.25, 0.3) is 0 Å². The minimum atomic E-state index is -4.63. The number of allylic oxidation sites excluding steroid dienone is 6. The molecular weight excluding hydrogens is 750 g/mol. The fraction of sp³-hybridized carbons (Fsp3) is 0.833. The molecule has 0 heterocycles. The van der Waals surface area contributed by atoms with E-state index in [2.05, 4.69) is 50.3 Å². The van der Waals surface area contributed by atoms with Crippen LogP contribution in [0.1, 0.15) is 206 Å². The van der Waals surface area contributed by atoms with Gasteiger partial charge in [0.1, 0.15) is 19.8 Å². The van der Waals surface area contributed by atoms with E-state index in [1.807, 2.05) is 21.1 Å². The highest BCUT2D eigenvalue weighted by Crippen LogP contribution is 2.38. The van der Waals surface area contributed by atoms with Crippen LogP contribution in [-0.4, -0.2) is 70.0 Å². The number of rotatable bonds is 43. The van der Waals surface area contributed by atoms with Gasteiger partial charge in [0.05, 0.1) is 27.7 Å². The van der Waals surface area contributed by atoms with Crippen LogP contribution in [0.2, 0.25) is 0 Å². The number of likely N-dealkylation sites (N-methyl/N-ethyl adjacent to an activating group) is 1. The molecule has 0 saturated carbocycles. The van der Waals surface area contributed by atoms with Gasteiger partial charge >= 0.3 is 11.9 Å². The van der Waals surface area contributed by atoms with Crippen LogP contribution >= 0.6 is 7.82 Å². The van der Waals surface area contributed by atoms with Gasteiger partial charge in [-0.05, 0) is 70.6 Å². The second-order valence-corrected chi connectivity index (χ2v) is 18.5. The fourth-order valence-electron chi connectivity index (χ4n) is 6.39. The fourth-order valence-corrected chi connectivity index (χ4v) is 7.11. The van der Waals surface area contributed by atoms with Gasteiger partial charge in [-0.2, -0.15) is 0 Å². The molecule has 1 unspecified atom stereocenters. The zero-order valence-electron chi connectivity index (χ0n) is 38.2. The van der Waals surface area contributed by atoms with Crippen molar-refractivity contribution in [2.75, 3.05) is 47.5 Å². The third kappa shape index (κ3) is 43.8. The lowest BCUT2D eigenvalue weighted by molar-refractivity contribution is -0.870. The molecule has 0 spiro atoms. The summed E-state index contributed by atoms with van der Waals surface area (Å²) in [5.41, 5.74) is 0. The van der Waals surface area contributed by atoms with Crippen LogP contribution in [0.5, 0.6) is 0 Å². The van der Waals surface area contributed by atoms with Gasteiger partial charge in [0.2, 0.25) is 0 Å². The summed E-state index contributed by atoms with van der Waals surface area (Å²) in [5, 5.41) is 0. The maximum absolute atomic E-state index is 12.7. The van der Waals surface area contributed by atoms with Crippen LogP contribution in [0.15, 0.2) is 36.5 Å². The number of phosphoric ester groups is 1. The zero-order valence-corrected chi connectivity index (χ0v) is 39.1. The second-order valence-electron chi connectivity index (χ2n) is 17.1. The van der Waals surface area contributed by atoms with Crippen LogP contribution in [-0.2, 0) is 32.7 Å². The Morgan fingerprint density at radius 2 is 0.931 bits per heavy atom. The van der Waals surface area contributed by atoms with Crippen molar-refractivity contribution >= 4 is 19.8 Å². The van der Waals surface area contributed by atoms with Gasteiger partial charge in [-0.25, -0.2) is 0 Å². The van der Waals surface area contributed by atoms with Crippen LogP contribution in [0.4, 0.5) is 0 Å². The van der Waals surface area contributed by atoms with Gasteiger partial charge in [-0.1, -0.05) is 159 Å². The molecule has 340 valence electrons. The molecule has 0 N–H and O–H groups in total. The summed E-state index contributed by atoms with van der Waals surface area (Å²) >= 11 is 0. The molecule has 0 aliphatic rings. The summed E-state index contributed by atoms with van der Waals surface area (Å²) in [7, 11) is 1.16. The summed E-state index contributed by atoms with van der Waals surface area (Å²) in [5.74, 6) is -0.845. The number of hydrogen-bond donors (Lipinski definition) is 0. The zero-order chi connectivity index (χ0) is 42.8. The maximum atomic E-state index is 12.7. The second kappa shape index (κ2) is 40.6. The Labute approximate surface area is 357 Å². The lowest BCUT2D eigenvalue weighted by atomic mass is 10.1. The van der Waals surface area contributed by atoms with E-state index < -0.39 is 26.5 Å². The monoisotopic (exact) mass is 840 g/mol. The first-order valence-corrected chi connectivity index (χ1v) is 25.2. The summed E-state index contributed by atoms with van der Waals surface area (Å²) in [6.45, 7) is 4.19. The molecule has 0 rings (SSSR count). The summed E-state index contributed by atoms with van der Waals surface area (Å²) < 4.78 is 34.0. The van der Waals surface area contributed by atoms with Crippen LogP contribution < -0.4 is 4.89 Å². The molecule has 0 aliphatic carbocycles. The van der Waals surface area contributed by atoms with E-state index in [1.165, 1.54) is 109 Å². The van der Waals surface area contributed by atoms with Crippen molar-refractivity contribution < 1.29 is 42.1 Å². The van der Waals surface area contributed by atoms with Gasteiger partial charge < -0.3 is 27.9 Å². The van der Waals surface area contributed by atoms with E-state index in [9.17, 15) is 19.0 Å². The molecule has 9 nitrogen and oxygen atoms in total. The SMILES string of the molecule is CCCCC/C=C/C/C=C/CCCCCCCCCCCC(=O)OC[C@H](COP(=O)([O-])OCC[N+](C)(C)C)OC(=O)CCCCCCC/C=C/CCCCCCCC. The van der Waals surface area contributed by atoms with E-state index in [0.29, 0.717) is 17.4 Å². The number of unbranched alkanes of at least 4 members (excludes halogenated alkanes) is 23. The number of esters is 2. The molecule has 0 aliphatic heterocycles. The van der Waals surface area contributed by atoms with Gasteiger partial charge in [-0.15, -0.1) is 0 Å². The molecule has 0 saturated heterocycles. The third-order valence-electron chi connectivity index (χ3n) is 10.1. The van der Waals surface area contributed by atoms with Crippen molar-refractivity contribution in [1.82, 2.24) is 0 Å². The van der Waals surface area contributed by atoms with Crippen molar-refractivity contribution in [3.8, 4) is 0 Å². The molecule has 0 amide bonds. The highest BCUT2D eigenvalue weighted by atomic mass is 31.2. The Kier molecular flexibility index (Phi) is 39.4. The highest BCUT2D eigenvalue weighted by molar-refractivity contribution is 7.45. The largest absolute Gasteiger partial charge is 0.756 e. The number of carbonyl (C=O) groups is 2. The number of ether oxygens (including phenoxy) is 2. The van der Waals surface area contributed by atoms with Gasteiger partial charge in [0, 0.05) is 12.8 Å². The molecule has 0 bridgehead atoms. The molecule has 0 aromatic heterocycles. The standard InChI is InChI=1S/C48H90NO8P/c1-6-8-10-12-14-16-18-20-22-23-24-25-27-28-30-32-34-36-38-40-47(50)54-44-46(45-56-58(52,53)55-43-42-49(3,4)5)57-48(51)41-39-37-35-33-31-29-26-21-19-17-15-13-11-9-7-2/h14,16,20-22,26,46H,6-13,15,17-19,23-25,27-45H2,1-5H3/b16-14+,22-20+,26-21+/t46-/m1/s1. The Morgan fingerprint density at radius 3 is 1.41 bits per heavy atom. The van der Waals surface area contributed by atoms with Gasteiger partial charge in [0.25, 0.3) is 7.82 Å². The van der Waals surface area contributed by atoms with E-state index in [-0.39, 0.29) is 32.0 Å². The summed E-state index contributed by atoms with van der Waals surface area (Å²) in [6.07, 6.45) is 45.9. The predicted octanol–water partition coefficient (Wildman–Crippen LogP) is 13.1. The lowest BCUT2D eigenvalue weighted by Crippen LogP contribution is -2.37. The quantitative estimate of drug-likeness (QED) is 0.0196. The molecule has 0 fully saturated rings. The maximum Gasteiger partial charge on any atom is 0.306 e. The lowest BCUT2D eigenvalue weighted by Gasteiger charge is -2.28. The number of phosphoric acid groups is 1. The highest BCUT2D eigenvalue weighted by Gasteiger charge is 2.21. The molecule has 2 atom stereocenters. The molecular formula is C48H90NO8P. The van der Waals surface area contributed by atoms with Crippen molar-refractivity contribution in [3.63, 3.8) is 0 Å². The molecule has 10 heteroatoms. The smallest absolute Gasteiger partial charge is 0.306 e. The average molecular weight is 840 g/mol. The molecule has 0 aromatic carbocycles. The van der Waals surface area contributed by atoms with Crippen molar-refractivity contribution in [2.45, 2.75) is 213 Å². The number of quaternary nitrogens is 1. The molecule has 0 aromatic rings. The predicted molar refractivity (Wildman–Crippen MR) is 241 cm³/mol. The normalized spacial score (nSPS) is 13.8. The number of carbonyl (C=O) groups excluding carboxylic acids is 2. The minimum Gasteiger partial charge on any atom is -0.756 e. The average Bonchev–Trinajstić information content (AvgIpc) is 3.17. The van der Waals surface area contributed by atoms with Crippen molar-refractivity contribution in [1.29, 1.82) is 0 Å². The Hall–Kier alpha value is -1.77. The number of nitrogens with zero attached hydrogens (tertiary/aromatic N) is 1. The Bertz CT molecular complexity index is 1090. The van der Waals surface area contributed by atoms with Gasteiger partial charge in [-0.3, -0.25) is 14.2 Å². The first kappa shape index (κ1) is 56.2. The van der Waals surface area contributed by atoms with E-state index >= 15 is 0 Å². The Balaban J connectivity index is 4.31. The third-order valence-corrected chi connectivity index (χ3v) is 11.1. The molecule has 58 heavy (non-hydrogen) atoms. The Morgan fingerprint density at radius 1 is 0.534 bits per heavy atom. The molecule has 0 radical (unpaired) electrons. The van der Waals surface area contributed by atoms with E-state index in [0.717, 1.165) is 64.2 Å². The topological polar surface area (TPSA) is 111 Å². The summed E-state index contributed by atoms with van der Waals surface area (Å²) in [6, 6.07) is 0. The first-order valence-electron chi connectivity index (χ1n) is 23.7. The van der Waals surface area contributed by atoms with Crippen molar-refractivity contribution in [2.24, 2.45) is 0 Å². The summed E-state index contributed by atoms with van der Waals surface area (Å²) in [4.78, 5) is 37.6. The van der Waals surface area contributed by atoms with E-state index in [1.54, 1.807) is 0 Å². The minimum absolute atomic E-state index is 0.0330. The van der Waals surface area contributed by atoms with Crippen LogP contribution in [0.3, 0.4) is 0 Å². The van der Waals surface area contributed by atoms with E-state index in [4.69, 9.17) is 18.5 Å².